The van der Waals surface area contributed by atoms with Crippen LogP contribution >= 0.6 is 0 Å². The molecule has 0 radical (unpaired) electrons. The molecule has 0 saturated carbocycles. The second-order valence-electron chi connectivity index (χ2n) is 4.74. The molecule has 0 aromatic heterocycles. The number of nitrogens with zero attached hydrogens (tertiary/aromatic N) is 1. The predicted octanol–water partition coefficient (Wildman–Crippen LogP) is 1.07. The van der Waals surface area contributed by atoms with Gasteiger partial charge in [0.25, 0.3) is 0 Å². The number of aliphatic hydroxyl groups excluding tert-OH is 1. The van der Waals surface area contributed by atoms with Gasteiger partial charge in [-0.2, -0.15) is 0 Å². The highest BCUT2D eigenvalue weighted by molar-refractivity contribution is 5.76. The maximum absolute atomic E-state index is 12.8. The highest BCUT2D eigenvalue weighted by Gasteiger charge is 2.17. The molecule has 1 saturated heterocycles. The van der Waals surface area contributed by atoms with Gasteiger partial charge in [0.15, 0.2) is 0 Å². The van der Waals surface area contributed by atoms with Crippen LogP contribution in [0.25, 0.3) is 0 Å². The second kappa shape index (κ2) is 6.63. The number of hydrogen-bond donors (Lipinski definition) is 2. The molecule has 0 spiro atoms. The van der Waals surface area contributed by atoms with E-state index in [1.54, 1.807) is 12.1 Å². The number of aliphatic hydroxyl groups is 1. The fraction of sp³-hybridized carbons (Fsp3) is 0.500. The van der Waals surface area contributed by atoms with Crippen LogP contribution in [0.3, 0.4) is 0 Å². The maximum atomic E-state index is 12.8. The molecule has 0 bridgehead atoms. The molecular weight excluding hydrogens is 247 g/mol. The number of benzene rings is 1. The molecule has 2 rings (SSSR count). The van der Waals surface area contributed by atoms with Gasteiger partial charge in [0, 0.05) is 32.6 Å². The summed E-state index contributed by atoms with van der Waals surface area (Å²) in [6.45, 7) is 3.11. The standard InChI is InChI=1S/C14H19FN2O2/c15-12-3-1-11(2-4-12)13(18)5-6-14(19)17-9-7-16-8-10-17/h1-4,13,16,18H,5-10H2. The molecule has 19 heavy (non-hydrogen) atoms. The minimum atomic E-state index is -0.715. The predicted molar refractivity (Wildman–Crippen MR) is 70.0 cm³/mol. The van der Waals surface area contributed by atoms with Gasteiger partial charge >= 0.3 is 0 Å². The molecule has 1 heterocycles. The zero-order chi connectivity index (χ0) is 13.7. The summed E-state index contributed by atoms with van der Waals surface area (Å²) in [7, 11) is 0. The first-order chi connectivity index (χ1) is 9.16. The molecule has 1 aromatic carbocycles. The summed E-state index contributed by atoms with van der Waals surface area (Å²) in [4.78, 5) is 13.7. The van der Waals surface area contributed by atoms with Crippen molar-refractivity contribution in [2.45, 2.75) is 18.9 Å². The lowest BCUT2D eigenvalue weighted by molar-refractivity contribution is -0.132. The van der Waals surface area contributed by atoms with Crippen LogP contribution in [-0.4, -0.2) is 42.1 Å². The van der Waals surface area contributed by atoms with Crippen molar-refractivity contribution in [3.63, 3.8) is 0 Å². The van der Waals surface area contributed by atoms with Crippen molar-refractivity contribution in [2.75, 3.05) is 26.2 Å². The number of carbonyl (C=O) groups excluding carboxylic acids is 1. The van der Waals surface area contributed by atoms with Crippen LogP contribution in [0.1, 0.15) is 24.5 Å². The SMILES string of the molecule is O=C(CCC(O)c1ccc(F)cc1)N1CCNCC1. The first-order valence-corrected chi connectivity index (χ1v) is 6.59. The number of rotatable bonds is 4. The van der Waals surface area contributed by atoms with Crippen molar-refractivity contribution < 1.29 is 14.3 Å². The molecule has 104 valence electrons. The molecule has 1 aromatic rings. The molecule has 2 N–H and O–H groups in total. The monoisotopic (exact) mass is 266 g/mol. The average molecular weight is 266 g/mol. The summed E-state index contributed by atoms with van der Waals surface area (Å²) in [5.41, 5.74) is 0.648. The lowest BCUT2D eigenvalue weighted by Crippen LogP contribution is -2.46. The second-order valence-corrected chi connectivity index (χ2v) is 4.74. The van der Waals surface area contributed by atoms with Crippen LogP contribution in [-0.2, 0) is 4.79 Å². The van der Waals surface area contributed by atoms with E-state index < -0.39 is 6.10 Å². The van der Waals surface area contributed by atoms with Crippen LogP contribution in [0, 0.1) is 5.82 Å². The van der Waals surface area contributed by atoms with Gasteiger partial charge in [-0.05, 0) is 24.1 Å². The van der Waals surface area contributed by atoms with Gasteiger partial charge in [-0.1, -0.05) is 12.1 Å². The van der Waals surface area contributed by atoms with E-state index in [1.807, 2.05) is 4.90 Å². The van der Waals surface area contributed by atoms with Gasteiger partial charge in [0.2, 0.25) is 5.91 Å². The Morgan fingerprint density at radius 2 is 1.95 bits per heavy atom. The number of carbonyl (C=O) groups is 1. The van der Waals surface area contributed by atoms with E-state index in [0.717, 1.165) is 26.2 Å². The van der Waals surface area contributed by atoms with Crippen molar-refractivity contribution >= 4 is 5.91 Å². The minimum Gasteiger partial charge on any atom is -0.388 e. The Morgan fingerprint density at radius 1 is 1.32 bits per heavy atom. The molecule has 5 heteroatoms. The Kier molecular flexibility index (Phi) is 4.87. The van der Waals surface area contributed by atoms with Crippen LogP contribution in [0.15, 0.2) is 24.3 Å². The van der Waals surface area contributed by atoms with Gasteiger partial charge in [-0.3, -0.25) is 4.79 Å². The summed E-state index contributed by atoms with van der Waals surface area (Å²) in [6.07, 6.45) is -0.0279. The summed E-state index contributed by atoms with van der Waals surface area (Å²) in [5.74, 6) is -0.254. The van der Waals surface area contributed by atoms with E-state index in [9.17, 15) is 14.3 Å². The third-order valence-corrected chi connectivity index (χ3v) is 3.36. The summed E-state index contributed by atoms with van der Waals surface area (Å²) in [5, 5.41) is 13.1. The van der Waals surface area contributed by atoms with E-state index in [0.29, 0.717) is 18.4 Å². The zero-order valence-electron chi connectivity index (χ0n) is 10.8. The number of piperazine rings is 1. The van der Waals surface area contributed by atoms with E-state index in [1.165, 1.54) is 12.1 Å². The fourth-order valence-electron chi connectivity index (χ4n) is 2.18. The molecule has 4 nitrogen and oxygen atoms in total. The molecule has 1 amide bonds. The summed E-state index contributed by atoms with van der Waals surface area (Å²) >= 11 is 0. The molecule has 1 aliphatic rings. The van der Waals surface area contributed by atoms with Crippen LogP contribution in [0.5, 0.6) is 0 Å². The molecule has 1 unspecified atom stereocenters. The third-order valence-electron chi connectivity index (χ3n) is 3.36. The molecule has 1 fully saturated rings. The largest absolute Gasteiger partial charge is 0.388 e. The highest BCUT2D eigenvalue weighted by Crippen LogP contribution is 2.19. The Morgan fingerprint density at radius 3 is 2.58 bits per heavy atom. The van der Waals surface area contributed by atoms with Gasteiger partial charge in [-0.25, -0.2) is 4.39 Å². The molecular formula is C14H19FN2O2. The Bertz CT molecular complexity index is 416. The fourth-order valence-corrected chi connectivity index (χ4v) is 2.18. The summed E-state index contributed by atoms with van der Waals surface area (Å²) < 4.78 is 12.8. The van der Waals surface area contributed by atoms with E-state index in [-0.39, 0.29) is 11.7 Å². The lowest BCUT2D eigenvalue weighted by atomic mass is 10.0. The van der Waals surface area contributed by atoms with Crippen molar-refractivity contribution in [1.29, 1.82) is 0 Å². The average Bonchev–Trinajstić information content (AvgIpc) is 2.46. The first-order valence-electron chi connectivity index (χ1n) is 6.59. The maximum Gasteiger partial charge on any atom is 0.222 e. The third kappa shape index (κ3) is 4.01. The van der Waals surface area contributed by atoms with Gasteiger partial charge in [0.05, 0.1) is 6.10 Å². The van der Waals surface area contributed by atoms with E-state index >= 15 is 0 Å². The van der Waals surface area contributed by atoms with Gasteiger partial charge in [0.1, 0.15) is 5.82 Å². The van der Waals surface area contributed by atoms with Crippen molar-refractivity contribution in [1.82, 2.24) is 10.2 Å². The van der Waals surface area contributed by atoms with Crippen molar-refractivity contribution in [2.24, 2.45) is 0 Å². The number of halogens is 1. The van der Waals surface area contributed by atoms with Crippen molar-refractivity contribution in [3.8, 4) is 0 Å². The van der Waals surface area contributed by atoms with E-state index in [2.05, 4.69) is 5.32 Å². The molecule has 1 aliphatic heterocycles. The normalized spacial score (nSPS) is 17.3. The van der Waals surface area contributed by atoms with Gasteiger partial charge < -0.3 is 15.3 Å². The quantitative estimate of drug-likeness (QED) is 0.857. The minimum absolute atomic E-state index is 0.0719. The van der Waals surface area contributed by atoms with Crippen LogP contribution in [0.4, 0.5) is 4.39 Å². The van der Waals surface area contributed by atoms with Gasteiger partial charge in [-0.15, -0.1) is 0 Å². The smallest absolute Gasteiger partial charge is 0.222 e. The zero-order valence-corrected chi connectivity index (χ0v) is 10.8. The first kappa shape index (κ1) is 14.0. The number of amides is 1. The van der Waals surface area contributed by atoms with Crippen LogP contribution < -0.4 is 5.32 Å². The van der Waals surface area contributed by atoms with E-state index in [4.69, 9.17) is 0 Å². The Balaban J connectivity index is 1.80. The Hall–Kier alpha value is -1.46. The Labute approximate surface area is 112 Å². The van der Waals surface area contributed by atoms with Crippen molar-refractivity contribution in [3.05, 3.63) is 35.6 Å². The molecule has 0 aliphatic carbocycles. The number of nitrogens with one attached hydrogen (secondary N) is 1. The molecule has 1 atom stereocenters. The highest BCUT2D eigenvalue weighted by atomic mass is 19.1. The lowest BCUT2D eigenvalue weighted by Gasteiger charge is -2.27. The summed E-state index contributed by atoms with van der Waals surface area (Å²) in [6, 6.07) is 5.73. The topological polar surface area (TPSA) is 52.6 Å². The van der Waals surface area contributed by atoms with Crippen LogP contribution in [0.2, 0.25) is 0 Å². The number of hydrogen-bond acceptors (Lipinski definition) is 3.